The number of anilines is 1. The molecule has 14 heteroatoms. The fourth-order valence-corrected chi connectivity index (χ4v) is 3.34. The normalized spacial score (nSPS) is 11.1. The van der Waals surface area contributed by atoms with Gasteiger partial charge in [0, 0.05) is 0 Å². The van der Waals surface area contributed by atoms with Crippen molar-refractivity contribution < 1.29 is 52.1 Å². The monoisotopic (exact) mass is 448 g/mol. The predicted octanol–water partition coefficient (Wildman–Crippen LogP) is 1.18. The molecule has 0 fully saturated rings. The Hall–Kier alpha value is -3.52. The van der Waals surface area contributed by atoms with E-state index in [1.54, 1.807) is 0 Å². The van der Waals surface area contributed by atoms with Crippen LogP contribution in [0.25, 0.3) is 0 Å². The number of rotatable bonds is 9. The maximum absolute atomic E-state index is 12.6. The number of primary sulfonamides is 1. The minimum Gasteiger partial charge on any atom is -0.494 e. The van der Waals surface area contributed by atoms with Gasteiger partial charge in [-0.1, -0.05) is 0 Å². The van der Waals surface area contributed by atoms with Gasteiger partial charge in [-0.2, -0.15) is 0 Å². The highest BCUT2D eigenvalue weighted by atomic mass is 32.2. The van der Waals surface area contributed by atoms with Crippen LogP contribution in [0.2, 0.25) is 0 Å². The molecular weight excluding hydrogens is 428 g/mol. The van der Waals surface area contributed by atoms with E-state index in [-0.39, 0.29) is 11.7 Å². The number of hydrogen-bond donors (Lipinski definition) is 3. The van der Waals surface area contributed by atoms with E-state index >= 15 is 0 Å². The molecule has 1 aromatic rings. The third-order valence-electron chi connectivity index (χ3n) is 3.40. The van der Waals surface area contributed by atoms with E-state index in [1.165, 1.54) is 19.9 Å². The number of carbonyl (C=O) groups excluding carboxylic acids is 1. The average Bonchev–Trinajstić information content (AvgIpc) is 2.65. The summed E-state index contributed by atoms with van der Waals surface area (Å²) in [6.07, 6.45) is 0.391. The predicted molar refractivity (Wildman–Crippen MR) is 100 cm³/mol. The summed E-state index contributed by atoms with van der Waals surface area (Å²) in [6.45, 7) is 2.72. The number of aromatic carboxylic acids is 1. The van der Waals surface area contributed by atoms with Crippen LogP contribution in [0.5, 0.6) is 11.5 Å². The lowest BCUT2D eigenvalue weighted by Crippen LogP contribution is -2.32. The molecule has 0 aliphatic rings. The summed E-state index contributed by atoms with van der Waals surface area (Å²) in [7, 11) is -2.97. The van der Waals surface area contributed by atoms with Gasteiger partial charge < -0.3 is 29.3 Å². The van der Waals surface area contributed by atoms with Crippen LogP contribution in [-0.4, -0.2) is 57.5 Å². The summed E-state index contributed by atoms with van der Waals surface area (Å²) in [5.74, 6) is -4.82. The first-order valence-corrected chi connectivity index (χ1v) is 9.58. The number of nitrogens with zero attached hydrogens (tertiary/aromatic N) is 1. The molecule has 13 nitrogen and oxygen atoms in total. The van der Waals surface area contributed by atoms with Gasteiger partial charge in [-0.25, -0.2) is 27.9 Å². The Bertz CT molecular complexity index is 986. The number of nitrogens with two attached hydrogens (primary N) is 1. The third kappa shape index (κ3) is 4.72. The minimum absolute atomic E-state index is 0.0902. The number of carboxylic acid groups (broad SMARTS) is 2. The topological polar surface area (TPSA) is 192 Å². The number of amides is 1. The van der Waals surface area contributed by atoms with Crippen LogP contribution in [0.1, 0.15) is 34.6 Å². The molecule has 0 saturated carbocycles. The minimum atomic E-state index is -4.82. The van der Waals surface area contributed by atoms with E-state index in [2.05, 4.69) is 0 Å². The zero-order chi connectivity index (χ0) is 23.2. The van der Waals surface area contributed by atoms with Crippen LogP contribution in [0.4, 0.5) is 10.5 Å². The number of hydroxylamine groups is 1. The standard InChI is InChI=1S/C16H20N2O11S/c1-5-7-29-18(16(22)23)10-8(15(21)28-6-2)12(27-4)13(30(17,24)25)9(14(19)20)11(10)26-3/h5,7H,6H2,1-4H3,(H,19,20)(H,22,23)(H2,17,24,25). The molecule has 0 heterocycles. The van der Waals surface area contributed by atoms with Gasteiger partial charge in [0.15, 0.2) is 11.5 Å². The van der Waals surface area contributed by atoms with E-state index < -0.39 is 61.3 Å². The van der Waals surface area contributed by atoms with Crippen LogP contribution >= 0.6 is 0 Å². The van der Waals surface area contributed by atoms with E-state index in [9.17, 15) is 33.0 Å². The maximum Gasteiger partial charge on any atom is 0.445 e. The van der Waals surface area contributed by atoms with E-state index in [0.29, 0.717) is 0 Å². The number of ether oxygens (including phenoxy) is 3. The highest BCUT2D eigenvalue weighted by Gasteiger charge is 2.41. The Morgan fingerprint density at radius 1 is 1.10 bits per heavy atom. The second kappa shape index (κ2) is 9.80. The van der Waals surface area contributed by atoms with Crippen molar-refractivity contribution in [2.75, 3.05) is 25.9 Å². The molecule has 1 aromatic carbocycles. The average molecular weight is 448 g/mol. The summed E-state index contributed by atoms with van der Waals surface area (Å²) in [4.78, 5) is 40.2. The second-order valence-electron chi connectivity index (χ2n) is 5.22. The van der Waals surface area contributed by atoms with Crippen molar-refractivity contribution in [3.8, 4) is 11.5 Å². The molecule has 0 spiro atoms. The highest BCUT2D eigenvalue weighted by Crippen LogP contribution is 2.47. The molecule has 0 bridgehead atoms. The molecule has 4 N–H and O–H groups in total. The SMILES string of the molecule is CC=CON(C(=O)O)c1c(OC)c(C(=O)O)c(S(N)(=O)=O)c(OC)c1C(=O)OCC. The Kier molecular flexibility index (Phi) is 8.01. The van der Waals surface area contributed by atoms with E-state index in [4.69, 9.17) is 24.2 Å². The Labute approximate surface area is 171 Å². The van der Waals surface area contributed by atoms with Crippen LogP contribution in [0.15, 0.2) is 17.2 Å². The number of carboxylic acids is 1. The molecule has 0 saturated heterocycles. The first-order valence-electron chi connectivity index (χ1n) is 8.03. The van der Waals surface area contributed by atoms with Gasteiger partial charge in [-0.05, 0) is 19.9 Å². The highest BCUT2D eigenvalue weighted by molar-refractivity contribution is 7.89. The fraction of sp³-hybridized carbons (Fsp3) is 0.312. The molecule has 166 valence electrons. The van der Waals surface area contributed by atoms with Crippen LogP contribution in [0, 0.1) is 0 Å². The molecular formula is C16H20N2O11S. The maximum atomic E-state index is 12.6. The number of hydrogen-bond acceptors (Lipinski definition) is 9. The summed E-state index contributed by atoms with van der Waals surface area (Å²) in [5.41, 5.74) is -2.66. The lowest BCUT2D eigenvalue weighted by molar-refractivity contribution is 0.0518. The van der Waals surface area contributed by atoms with Crippen molar-refractivity contribution in [3.63, 3.8) is 0 Å². The molecule has 1 amide bonds. The molecule has 0 aliphatic carbocycles. The number of benzene rings is 1. The molecule has 0 radical (unpaired) electrons. The van der Waals surface area contributed by atoms with Crippen molar-refractivity contribution in [1.82, 2.24) is 0 Å². The molecule has 0 aromatic heterocycles. The molecule has 0 unspecified atom stereocenters. The summed E-state index contributed by atoms with van der Waals surface area (Å²) >= 11 is 0. The molecule has 0 aliphatic heterocycles. The third-order valence-corrected chi connectivity index (χ3v) is 4.36. The van der Waals surface area contributed by atoms with E-state index in [0.717, 1.165) is 20.5 Å². The molecule has 1 rings (SSSR count). The fourth-order valence-electron chi connectivity index (χ4n) is 2.43. The van der Waals surface area contributed by atoms with Gasteiger partial charge in [0.05, 0.1) is 20.8 Å². The van der Waals surface area contributed by atoms with Crippen LogP contribution in [-0.2, 0) is 19.6 Å². The zero-order valence-electron chi connectivity index (χ0n) is 16.4. The van der Waals surface area contributed by atoms with Crippen molar-refractivity contribution in [2.24, 2.45) is 5.14 Å². The lowest BCUT2D eigenvalue weighted by Gasteiger charge is -2.25. The quantitative estimate of drug-likeness (QED) is 0.279. The number of carbonyl (C=O) groups is 3. The number of esters is 1. The Balaban J connectivity index is 4.40. The van der Waals surface area contributed by atoms with Crippen molar-refractivity contribution in [3.05, 3.63) is 23.5 Å². The summed E-state index contributed by atoms with van der Waals surface area (Å²) in [5, 5.41) is 24.4. The molecule has 30 heavy (non-hydrogen) atoms. The van der Waals surface area contributed by atoms with E-state index in [1.807, 2.05) is 0 Å². The first kappa shape index (κ1) is 24.5. The Morgan fingerprint density at radius 2 is 1.67 bits per heavy atom. The van der Waals surface area contributed by atoms with Gasteiger partial charge in [0.25, 0.3) is 0 Å². The molecule has 0 atom stereocenters. The van der Waals surface area contributed by atoms with Gasteiger partial charge in [-0.3, -0.25) is 0 Å². The van der Waals surface area contributed by atoms with Crippen LogP contribution < -0.4 is 19.7 Å². The van der Waals surface area contributed by atoms with Gasteiger partial charge in [0.2, 0.25) is 10.0 Å². The van der Waals surface area contributed by atoms with Crippen molar-refractivity contribution in [1.29, 1.82) is 0 Å². The second-order valence-corrected chi connectivity index (χ2v) is 6.71. The van der Waals surface area contributed by atoms with Gasteiger partial charge >= 0.3 is 18.0 Å². The van der Waals surface area contributed by atoms with Crippen molar-refractivity contribution in [2.45, 2.75) is 18.7 Å². The largest absolute Gasteiger partial charge is 0.494 e. The van der Waals surface area contributed by atoms with Gasteiger partial charge in [0.1, 0.15) is 28.0 Å². The zero-order valence-corrected chi connectivity index (χ0v) is 17.2. The number of sulfonamides is 1. The summed E-state index contributed by atoms with van der Waals surface area (Å²) < 4.78 is 39.2. The van der Waals surface area contributed by atoms with Crippen LogP contribution in [0.3, 0.4) is 0 Å². The summed E-state index contributed by atoms with van der Waals surface area (Å²) in [6, 6.07) is 0. The number of allylic oxidation sites excluding steroid dienone is 1. The van der Waals surface area contributed by atoms with Gasteiger partial charge in [-0.15, -0.1) is 5.06 Å². The lowest BCUT2D eigenvalue weighted by atomic mass is 10.0. The number of methoxy groups -OCH3 is 2. The van der Waals surface area contributed by atoms with Crippen molar-refractivity contribution >= 4 is 33.7 Å². The smallest absolute Gasteiger partial charge is 0.445 e. The Morgan fingerprint density at radius 3 is 2.03 bits per heavy atom. The first-order chi connectivity index (χ1) is 14.0.